The summed E-state index contributed by atoms with van der Waals surface area (Å²) in [5.74, 6) is 1.48. The van der Waals surface area contributed by atoms with Crippen LogP contribution in [0, 0.1) is 5.92 Å². The maximum absolute atomic E-state index is 14.1. The third kappa shape index (κ3) is 6.18. The number of ether oxygens (including phenoxy) is 2. The van der Waals surface area contributed by atoms with Crippen LogP contribution in [0.4, 0.5) is 10.5 Å². The van der Waals surface area contributed by atoms with Crippen LogP contribution in [0.5, 0.6) is 11.5 Å². The summed E-state index contributed by atoms with van der Waals surface area (Å²) >= 11 is 0. The first-order valence-corrected chi connectivity index (χ1v) is 14.3. The number of methoxy groups -OCH3 is 1. The Morgan fingerprint density at radius 1 is 1.10 bits per heavy atom. The lowest BCUT2D eigenvalue weighted by atomic mass is 9.92. The number of carbonyl (C=O) groups is 2. The smallest absolute Gasteiger partial charge is 0.325 e. The number of benzene rings is 1. The molecular weight excluding hydrogens is 506 g/mol. The van der Waals surface area contributed by atoms with Crippen LogP contribution >= 0.6 is 0 Å². The Balaban J connectivity index is 1.63. The van der Waals surface area contributed by atoms with Crippen molar-refractivity contribution in [1.29, 1.82) is 0 Å². The number of amides is 3. The minimum Gasteiger partial charge on any atom is -0.493 e. The molecular formula is C31H43N5O4. The lowest BCUT2D eigenvalue weighted by Crippen LogP contribution is -2.51. The normalized spacial score (nSPS) is 14.6. The molecule has 1 atom stereocenters. The van der Waals surface area contributed by atoms with E-state index >= 15 is 0 Å². The highest BCUT2D eigenvalue weighted by molar-refractivity contribution is 5.94. The van der Waals surface area contributed by atoms with Crippen LogP contribution in [0.25, 0.3) is 11.0 Å². The lowest BCUT2D eigenvalue weighted by Gasteiger charge is -2.42. The fourth-order valence-electron chi connectivity index (χ4n) is 5.39. The maximum atomic E-state index is 14.1. The third-order valence-corrected chi connectivity index (χ3v) is 7.51. The van der Waals surface area contributed by atoms with Gasteiger partial charge in [-0.3, -0.25) is 9.69 Å². The number of urea groups is 1. The van der Waals surface area contributed by atoms with E-state index in [1.807, 2.05) is 50.9 Å². The molecule has 0 bridgehead atoms. The van der Waals surface area contributed by atoms with Gasteiger partial charge in [0.15, 0.2) is 11.5 Å². The molecule has 3 heterocycles. The van der Waals surface area contributed by atoms with E-state index in [9.17, 15) is 9.59 Å². The average molecular weight is 550 g/mol. The molecule has 0 N–H and O–H groups in total. The van der Waals surface area contributed by atoms with Gasteiger partial charge in [-0.15, -0.1) is 0 Å². The quantitative estimate of drug-likeness (QED) is 0.270. The Kier molecular flexibility index (Phi) is 9.55. The van der Waals surface area contributed by atoms with Crippen molar-refractivity contribution in [2.24, 2.45) is 5.92 Å². The predicted octanol–water partition coefficient (Wildman–Crippen LogP) is 5.73. The zero-order chi connectivity index (χ0) is 28.8. The number of aromatic nitrogens is 2. The van der Waals surface area contributed by atoms with Gasteiger partial charge in [-0.2, -0.15) is 0 Å². The van der Waals surface area contributed by atoms with Gasteiger partial charge in [-0.1, -0.05) is 33.6 Å². The van der Waals surface area contributed by atoms with Crippen molar-refractivity contribution in [3.63, 3.8) is 0 Å². The zero-order valence-corrected chi connectivity index (χ0v) is 24.7. The number of carbonyl (C=O) groups excluding carboxylic acids is 2. The van der Waals surface area contributed by atoms with Gasteiger partial charge >= 0.3 is 6.03 Å². The predicted molar refractivity (Wildman–Crippen MR) is 158 cm³/mol. The van der Waals surface area contributed by atoms with Gasteiger partial charge < -0.3 is 23.8 Å². The van der Waals surface area contributed by atoms with Crippen LogP contribution < -0.4 is 14.4 Å². The standard InChI is InChI=1S/C31H43N5O4/c1-7-8-9-19-40-27-20-23(11-12-26(27)39-6)35-16-10-17-36(31(35)38)29(22(2)3)24-13-15-32-30-25(24)14-18-34(30)21-28(37)33(4)5/h11-15,18,20,22,29H,7-10,16-17,19,21H2,1-6H3. The molecule has 1 fully saturated rings. The summed E-state index contributed by atoms with van der Waals surface area (Å²) in [5, 5.41) is 0.963. The first kappa shape index (κ1) is 29.2. The number of anilines is 1. The number of fused-ring (bicyclic) bond motifs is 1. The second-order valence-corrected chi connectivity index (χ2v) is 10.9. The molecule has 0 radical (unpaired) electrons. The maximum Gasteiger partial charge on any atom is 0.325 e. The highest BCUT2D eigenvalue weighted by Crippen LogP contribution is 2.38. The number of hydrogen-bond acceptors (Lipinski definition) is 5. The van der Waals surface area contributed by atoms with Gasteiger partial charge in [0.2, 0.25) is 5.91 Å². The summed E-state index contributed by atoms with van der Waals surface area (Å²) in [4.78, 5) is 36.5. The molecule has 3 amide bonds. The fraction of sp³-hybridized carbons (Fsp3) is 0.516. The fourth-order valence-corrected chi connectivity index (χ4v) is 5.39. The third-order valence-electron chi connectivity index (χ3n) is 7.51. The number of rotatable bonds is 12. The van der Waals surface area contributed by atoms with E-state index in [-0.39, 0.29) is 30.4 Å². The second-order valence-electron chi connectivity index (χ2n) is 10.9. The molecule has 1 aromatic carbocycles. The molecule has 1 aliphatic rings. The molecule has 4 rings (SSSR count). The molecule has 0 aliphatic carbocycles. The van der Waals surface area contributed by atoms with Gasteiger partial charge in [-0.25, -0.2) is 9.78 Å². The first-order chi connectivity index (χ1) is 19.3. The van der Waals surface area contributed by atoms with Crippen LogP contribution in [-0.2, 0) is 11.3 Å². The zero-order valence-electron chi connectivity index (χ0n) is 24.7. The number of likely N-dealkylation sites (N-methyl/N-ethyl adjacent to an activating group) is 1. The van der Waals surface area contributed by atoms with E-state index in [0.717, 1.165) is 48.0 Å². The SMILES string of the molecule is CCCCCOc1cc(N2CCCN(C(c3ccnc4c3ccn4CC(=O)N(C)C)C(C)C)C2=O)ccc1OC. The number of hydrogen-bond donors (Lipinski definition) is 0. The molecule has 9 nitrogen and oxygen atoms in total. The number of pyridine rings is 1. The summed E-state index contributed by atoms with van der Waals surface area (Å²) in [5.41, 5.74) is 2.59. The summed E-state index contributed by atoms with van der Waals surface area (Å²) < 4.78 is 13.5. The molecule has 9 heteroatoms. The van der Waals surface area contributed by atoms with Crippen LogP contribution in [0.15, 0.2) is 42.7 Å². The Morgan fingerprint density at radius 2 is 1.90 bits per heavy atom. The van der Waals surface area contributed by atoms with Crippen molar-refractivity contribution >= 4 is 28.7 Å². The largest absolute Gasteiger partial charge is 0.493 e. The van der Waals surface area contributed by atoms with Crippen molar-refractivity contribution in [1.82, 2.24) is 19.4 Å². The van der Waals surface area contributed by atoms with Crippen LogP contribution in [-0.4, -0.2) is 72.2 Å². The molecule has 3 aromatic rings. The summed E-state index contributed by atoms with van der Waals surface area (Å²) in [6.45, 7) is 8.58. The number of unbranched alkanes of at least 4 members (excludes halogenated alkanes) is 2. The van der Waals surface area contributed by atoms with Gasteiger partial charge in [0.25, 0.3) is 0 Å². The molecule has 0 saturated carbocycles. The van der Waals surface area contributed by atoms with Gasteiger partial charge in [-0.05, 0) is 48.6 Å². The van der Waals surface area contributed by atoms with Crippen LogP contribution in [0.3, 0.4) is 0 Å². The van der Waals surface area contributed by atoms with E-state index in [0.29, 0.717) is 31.2 Å². The van der Waals surface area contributed by atoms with Crippen molar-refractivity contribution in [2.45, 2.75) is 59.0 Å². The summed E-state index contributed by atoms with van der Waals surface area (Å²) in [6.07, 6.45) is 7.74. The number of nitrogens with zero attached hydrogens (tertiary/aromatic N) is 5. The first-order valence-electron chi connectivity index (χ1n) is 14.3. The second kappa shape index (κ2) is 13.1. The Hall–Kier alpha value is -3.75. The van der Waals surface area contributed by atoms with Crippen molar-refractivity contribution in [3.8, 4) is 11.5 Å². The molecule has 1 unspecified atom stereocenters. The Morgan fingerprint density at radius 3 is 2.60 bits per heavy atom. The molecule has 1 saturated heterocycles. The van der Waals surface area contributed by atoms with Crippen LogP contribution in [0.1, 0.15) is 58.1 Å². The van der Waals surface area contributed by atoms with Crippen molar-refractivity contribution < 1.29 is 19.1 Å². The minimum atomic E-state index is -0.149. The van der Waals surface area contributed by atoms with E-state index < -0.39 is 0 Å². The molecule has 216 valence electrons. The highest BCUT2D eigenvalue weighted by atomic mass is 16.5. The molecule has 1 aliphatic heterocycles. The van der Waals surface area contributed by atoms with E-state index in [4.69, 9.17) is 9.47 Å². The monoisotopic (exact) mass is 549 g/mol. The van der Waals surface area contributed by atoms with Gasteiger partial charge in [0.05, 0.1) is 19.8 Å². The van der Waals surface area contributed by atoms with Crippen LogP contribution in [0.2, 0.25) is 0 Å². The van der Waals surface area contributed by atoms with E-state index in [1.54, 1.807) is 32.3 Å². The van der Waals surface area contributed by atoms with Gasteiger partial charge in [0, 0.05) is 56.7 Å². The Bertz CT molecular complexity index is 1320. The molecule has 0 spiro atoms. The summed E-state index contributed by atoms with van der Waals surface area (Å²) in [6, 6.07) is 9.56. The Labute approximate surface area is 237 Å². The topological polar surface area (TPSA) is 80.1 Å². The summed E-state index contributed by atoms with van der Waals surface area (Å²) in [7, 11) is 5.13. The van der Waals surface area contributed by atoms with Gasteiger partial charge in [0.1, 0.15) is 12.2 Å². The van der Waals surface area contributed by atoms with E-state index in [1.165, 1.54) is 0 Å². The molecule has 2 aromatic heterocycles. The molecule has 40 heavy (non-hydrogen) atoms. The average Bonchev–Trinajstić information content (AvgIpc) is 3.35. The van der Waals surface area contributed by atoms with Crippen molar-refractivity contribution in [2.75, 3.05) is 45.8 Å². The lowest BCUT2D eigenvalue weighted by molar-refractivity contribution is -0.129. The minimum absolute atomic E-state index is 0.000154. The van der Waals surface area contributed by atoms with E-state index in [2.05, 4.69) is 25.8 Å². The van der Waals surface area contributed by atoms with Crippen molar-refractivity contribution in [3.05, 3.63) is 48.3 Å². The highest BCUT2D eigenvalue weighted by Gasteiger charge is 2.35.